The van der Waals surface area contributed by atoms with E-state index >= 15 is 0 Å². The van der Waals surface area contributed by atoms with E-state index in [4.69, 9.17) is 0 Å². The first kappa shape index (κ1) is 15.6. The van der Waals surface area contributed by atoms with Crippen LogP contribution in [-0.2, 0) is 13.0 Å². The van der Waals surface area contributed by atoms with E-state index < -0.39 is 0 Å². The van der Waals surface area contributed by atoms with Gasteiger partial charge >= 0.3 is 6.03 Å². The number of hydrogen-bond acceptors (Lipinski definition) is 2. The highest BCUT2D eigenvalue weighted by molar-refractivity contribution is 5.74. The fourth-order valence-corrected chi connectivity index (χ4v) is 3.08. The largest absolute Gasteiger partial charge is 0.338 e. The molecule has 1 fully saturated rings. The Labute approximate surface area is 137 Å². The maximum atomic E-state index is 12.2. The average Bonchev–Trinajstić information content (AvgIpc) is 3.09. The standard InChI is InChI=1S/C18H24N4O/c23-18(20-9-6-16-4-2-1-3-5-16)22-11-7-17(8-12-22)14-21-13-10-19-15-21/h1-5,10,13,15,17H,6-9,11-12,14H2,(H,20,23). The number of nitrogens with zero attached hydrogens (tertiary/aromatic N) is 3. The van der Waals surface area contributed by atoms with E-state index in [1.54, 1.807) is 0 Å². The Bertz CT molecular complexity index is 589. The number of piperidine rings is 1. The molecule has 0 spiro atoms. The van der Waals surface area contributed by atoms with Crippen LogP contribution in [0.2, 0.25) is 0 Å². The van der Waals surface area contributed by atoms with Crippen LogP contribution in [0, 0.1) is 5.92 Å². The molecule has 0 atom stereocenters. The summed E-state index contributed by atoms with van der Waals surface area (Å²) in [5, 5.41) is 3.03. The molecule has 0 saturated carbocycles. The van der Waals surface area contributed by atoms with Crippen LogP contribution in [0.25, 0.3) is 0 Å². The molecule has 1 aliphatic heterocycles. The molecule has 1 aromatic heterocycles. The number of carbonyl (C=O) groups is 1. The molecule has 1 N–H and O–H groups in total. The summed E-state index contributed by atoms with van der Waals surface area (Å²) >= 11 is 0. The molecule has 1 aliphatic rings. The number of nitrogens with one attached hydrogen (secondary N) is 1. The van der Waals surface area contributed by atoms with E-state index in [1.807, 2.05) is 41.8 Å². The van der Waals surface area contributed by atoms with Gasteiger partial charge in [-0.3, -0.25) is 0 Å². The average molecular weight is 312 g/mol. The van der Waals surface area contributed by atoms with Gasteiger partial charge in [-0.05, 0) is 30.7 Å². The topological polar surface area (TPSA) is 50.2 Å². The van der Waals surface area contributed by atoms with Gasteiger partial charge < -0.3 is 14.8 Å². The minimum absolute atomic E-state index is 0.0713. The number of amides is 2. The Morgan fingerprint density at radius 3 is 2.70 bits per heavy atom. The van der Waals surface area contributed by atoms with Crippen molar-refractivity contribution in [2.75, 3.05) is 19.6 Å². The monoisotopic (exact) mass is 312 g/mol. The summed E-state index contributed by atoms with van der Waals surface area (Å²) in [6, 6.07) is 10.3. The van der Waals surface area contributed by atoms with Crippen molar-refractivity contribution in [3.63, 3.8) is 0 Å². The van der Waals surface area contributed by atoms with Crippen molar-refractivity contribution in [2.24, 2.45) is 5.92 Å². The summed E-state index contributed by atoms with van der Waals surface area (Å²) < 4.78 is 2.13. The summed E-state index contributed by atoms with van der Waals surface area (Å²) in [4.78, 5) is 18.2. The lowest BCUT2D eigenvalue weighted by molar-refractivity contribution is 0.165. The lowest BCUT2D eigenvalue weighted by atomic mass is 9.97. The third-order valence-corrected chi connectivity index (χ3v) is 4.46. The number of urea groups is 1. The summed E-state index contributed by atoms with van der Waals surface area (Å²) in [5.41, 5.74) is 1.26. The lowest BCUT2D eigenvalue weighted by Crippen LogP contribution is -2.45. The van der Waals surface area contributed by atoms with Crippen LogP contribution < -0.4 is 5.32 Å². The Hall–Kier alpha value is -2.30. The van der Waals surface area contributed by atoms with Crippen molar-refractivity contribution < 1.29 is 4.79 Å². The van der Waals surface area contributed by atoms with Gasteiger partial charge in [0.1, 0.15) is 0 Å². The number of benzene rings is 1. The molecule has 1 saturated heterocycles. The maximum Gasteiger partial charge on any atom is 0.317 e. The van der Waals surface area contributed by atoms with Crippen molar-refractivity contribution in [3.05, 3.63) is 54.6 Å². The van der Waals surface area contributed by atoms with Gasteiger partial charge in [0.15, 0.2) is 0 Å². The quantitative estimate of drug-likeness (QED) is 0.922. The molecule has 23 heavy (non-hydrogen) atoms. The summed E-state index contributed by atoms with van der Waals surface area (Å²) in [6.45, 7) is 3.38. The van der Waals surface area contributed by atoms with Gasteiger partial charge in [-0.2, -0.15) is 0 Å². The van der Waals surface area contributed by atoms with Gasteiger partial charge in [0, 0.05) is 38.6 Å². The minimum Gasteiger partial charge on any atom is -0.338 e. The van der Waals surface area contributed by atoms with E-state index in [0.29, 0.717) is 12.5 Å². The Kier molecular flexibility index (Phi) is 5.29. The Morgan fingerprint density at radius 2 is 2.00 bits per heavy atom. The summed E-state index contributed by atoms with van der Waals surface area (Å²) in [7, 11) is 0. The van der Waals surface area contributed by atoms with Crippen LogP contribution in [0.1, 0.15) is 18.4 Å². The minimum atomic E-state index is 0.0713. The van der Waals surface area contributed by atoms with Crippen LogP contribution in [0.4, 0.5) is 4.79 Å². The van der Waals surface area contributed by atoms with Gasteiger partial charge in [0.05, 0.1) is 6.33 Å². The predicted molar refractivity (Wildman–Crippen MR) is 90.1 cm³/mol. The molecular weight excluding hydrogens is 288 g/mol. The van der Waals surface area contributed by atoms with Crippen molar-refractivity contribution in [1.82, 2.24) is 19.8 Å². The number of carbonyl (C=O) groups excluding carboxylic acids is 1. The molecule has 0 unspecified atom stereocenters. The van der Waals surface area contributed by atoms with Crippen molar-refractivity contribution in [3.8, 4) is 0 Å². The SMILES string of the molecule is O=C(NCCc1ccccc1)N1CCC(Cn2ccnc2)CC1. The molecule has 5 nitrogen and oxygen atoms in total. The van der Waals surface area contributed by atoms with Crippen LogP contribution in [0.5, 0.6) is 0 Å². The van der Waals surface area contributed by atoms with Crippen molar-refractivity contribution in [2.45, 2.75) is 25.8 Å². The number of hydrogen-bond donors (Lipinski definition) is 1. The molecule has 0 aliphatic carbocycles. The predicted octanol–water partition coefficient (Wildman–Crippen LogP) is 2.55. The number of imidazole rings is 1. The first-order valence-electron chi connectivity index (χ1n) is 8.34. The third-order valence-electron chi connectivity index (χ3n) is 4.46. The number of aromatic nitrogens is 2. The molecule has 5 heteroatoms. The van der Waals surface area contributed by atoms with Gasteiger partial charge in [-0.15, -0.1) is 0 Å². The zero-order valence-corrected chi connectivity index (χ0v) is 13.4. The van der Waals surface area contributed by atoms with Crippen LogP contribution in [0.15, 0.2) is 49.1 Å². The molecule has 2 heterocycles. The van der Waals surface area contributed by atoms with E-state index in [0.717, 1.165) is 38.9 Å². The Balaban J connectivity index is 1.36. The second-order valence-electron chi connectivity index (χ2n) is 6.16. The van der Waals surface area contributed by atoms with Gasteiger partial charge in [0.25, 0.3) is 0 Å². The zero-order chi connectivity index (χ0) is 15.9. The maximum absolute atomic E-state index is 12.2. The first-order valence-corrected chi connectivity index (χ1v) is 8.34. The molecule has 2 amide bonds. The highest BCUT2D eigenvalue weighted by Crippen LogP contribution is 2.19. The summed E-state index contributed by atoms with van der Waals surface area (Å²) in [5.74, 6) is 0.637. The van der Waals surface area contributed by atoms with Gasteiger partial charge in [-0.1, -0.05) is 30.3 Å². The van der Waals surface area contributed by atoms with E-state index in [1.165, 1.54) is 5.56 Å². The summed E-state index contributed by atoms with van der Waals surface area (Å²) in [6.07, 6.45) is 8.68. The number of rotatable bonds is 5. The highest BCUT2D eigenvalue weighted by Gasteiger charge is 2.22. The number of likely N-dealkylation sites (tertiary alicyclic amines) is 1. The normalized spacial score (nSPS) is 15.6. The van der Waals surface area contributed by atoms with Gasteiger partial charge in [-0.25, -0.2) is 9.78 Å². The first-order chi connectivity index (χ1) is 11.3. The van der Waals surface area contributed by atoms with Crippen LogP contribution in [-0.4, -0.2) is 40.1 Å². The molecule has 1 aromatic carbocycles. The molecular formula is C18H24N4O. The van der Waals surface area contributed by atoms with Crippen LogP contribution in [0.3, 0.4) is 0 Å². The van der Waals surface area contributed by atoms with Crippen LogP contribution >= 0.6 is 0 Å². The smallest absolute Gasteiger partial charge is 0.317 e. The highest BCUT2D eigenvalue weighted by atomic mass is 16.2. The molecule has 122 valence electrons. The second kappa shape index (κ2) is 7.81. The van der Waals surface area contributed by atoms with E-state index in [2.05, 4.69) is 27.0 Å². The van der Waals surface area contributed by atoms with Gasteiger partial charge in [0.2, 0.25) is 0 Å². The zero-order valence-electron chi connectivity index (χ0n) is 13.4. The fraction of sp³-hybridized carbons (Fsp3) is 0.444. The van der Waals surface area contributed by atoms with E-state index in [9.17, 15) is 4.79 Å². The van der Waals surface area contributed by atoms with E-state index in [-0.39, 0.29) is 6.03 Å². The molecule has 2 aromatic rings. The second-order valence-corrected chi connectivity index (χ2v) is 6.16. The third kappa shape index (κ3) is 4.58. The Morgan fingerprint density at radius 1 is 1.22 bits per heavy atom. The van der Waals surface area contributed by atoms with Crippen molar-refractivity contribution in [1.29, 1.82) is 0 Å². The molecule has 0 radical (unpaired) electrons. The molecule has 0 bridgehead atoms. The lowest BCUT2D eigenvalue weighted by Gasteiger charge is -2.32. The van der Waals surface area contributed by atoms with Crippen molar-refractivity contribution >= 4 is 6.03 Å². The molecule has 3 rings (SSSR count). The fourth-order valence-electron chi connectivity index (χ4n) is 3.08.